The Balaban J connectivity index is 2.29. The SMILES string of the molecule is CC(OC(=O)c1cc(S(C)(=O)=O)ccc1Cl)c1ccccc1Cl. The van der Waals surface area contributed by atoms with Crippen molar-refractivity contribution >= 4 is 39.0 Å². The van der Waals surface area contributed by atoms with E-state index in [2.05, 4.69) is 0 Å². The summed E-state index contributed by atoms with van der Waals surface area (Å²) >= 11 is 12.0. The summed E-state index contributed by atoms with van der Waals surface area (Å²) in [5, 5.41) is 0.595. The first-order valence-electron chi connectivity index (χ1n) is 6.65. The zero-order valence-electron chi connectivity index (χ0n) is 12.4. The highest BCUT2D eigenvalue weighted by molar-refractivity contribution is 7.90. The summed E-state index contributed by atoms with van der Waals surface area (Å²) in [5.74, 6) is -0.715. The van der Waals surface area contributed by atoms with E-state index in [4.69, 9.17) is 27.9 Å². The maximum atomic E-state index is 12.3. The second kappa shape index (κ2) is 6.91. The lowest BCUT2D eigenvalue weighted by molar-refractivity contribution is 0.0338. The van der Waals surface area contributed by atoms with Crippen LogP contribution in [-0.4, -0.2) is 20.6 Å². The molecule has 0 heterocycles. The Labute approximate surface area is 144 Å². The van der Waals surface area contributed by atoms with Gasteiger partial charge >= 0.3 is 5.97 Å². The summed E-state index contributed by atoms with van der Waals surface area (Å²) in [7, 11) is -3.45. The molecular weight excluding hydrogens is 359 g/mol. The van der Waals surface area contributed by atoms with Crippen molar-refractivity contribution in [1.29, 1.82) is 0 Å². The van der Waals surface area contributed by atoms with Crippen LogP contribution in [0.15, 0.2) is 47.4 Å². The first-order chi connectivity index (χ1) is 10.7. The summed E-state index contributed by atoms with van der Waals surface area (Å²) < 4.78 is 28.5. The van der Waals surface area contributed by atoms with Crippen LogP contribution in [0.25, 0.3) is 0 Å². The van der Waals surface area contributed by atoms with Crippen LogP contribution in [0, 0.1) is 0 Å². The average Bonchev–Trinajstić information content (AvgIpc) is 2.46. The first-order valence-corrected chi connectivity index (χ1v) is 9.30. The van der Waals surface area contributed by atoms with Crippen molar-refractivity contribution in [3.05, 3.63) is 63.6 Å². The molecular formula is C16H14Cl2O4S. The number of halogens is 2. The predicted molar refractivity (Wildman–Crippen MR) is 89.8 cm³/mol. The number of benzene rings is 2. The fourth-order valence-corrected chi connectivity index (χ4v) is 3.12. The van der Waals surface area contributed by atoms with Crippen LogP contribution < -0.4 is 0 Å². The van der Waals surface area contributed by atoms with Gasteiger partial charge < -0.3 is 4.74 Å². The molecule has 0 saturated heterocycles. The fraction of sp³-hybridized carbons (Fsp3) is 0.188. The van der Waals surface area contributed by atoms with Gasteiger partial charge in [0.05, 0.1) is 15.5 Å². The van der Waals surface area contributed by atoms with Gasteiger partial charge in [-0.2, -0.15) is 0 Å². The Bertz CT molecular complexity index is 847. The molecule has 0 aromatic heterocycles. The van der Waals surface area contributed by atoms with Crippen molar-refractivity contribution in [3.8, 4) is 0 Å². The molecule has 0 aliphatic rings. The van der Waals surface area contributed by atoms with E-state index in [0.717, 1.165) is 6.26 Å². The molecule has 0 radical (unpaired) electrons. The van der Waals surface area contributed by atoms with Crippen LogP contribution >= 0.6 is 23.2 Å². The summed E-state index contributed by atoms with van der Waals surface area (Å²) in [6, 6.07) is 10.9. The highest BCUT2D eigenvalue weighted by Gasteiger charge is 2.20. The molecule has 7 heteroatoms. The fourth-order valence-electron chi connectivity index (χ4n) is 1.98. The average molecular weight is 373 g/mol. The summed E-state index contributed by atoms with van der Waals surface area (Å²) in [4.78, 5) is 12.3. The van der Waals surface area contributed by atoms with E-state index in [1.807, 2.05) is 0 Å². The largest absolute Gasteiger partial charge is 0.454 e. The highest BCUT2D eigenvalue weighted by atomic mass is 35.5. The van der Waals surface area contributed by atoms with Crippen molar-refractivity contribution in [2.45, 2.75) is 17.9 Å². The van der Waals surface area contributed by atoms with E-state index in [1.54, 1.807) is 31.2 Å². The number of carbonyl (C=O) groups is 1. The second-order valence-corrected chi connectivity index (χ2v) is 7.81. The van der Waals surface area contributed by atoms with Crippen LogP contribution in [0.1, 0.15) is 28.9 Å². The minimum absolute atomic E-state index is 0.000698. The lowest BCUT2D eigenvalue weighted by Crippen LogP contribution is -2.11. The predicted octanol–water partition coefficient (Wildman–Crippen LogP) is 4.31. The summed E-state index contributed by atoms with van der Waals surface area (Å²) in [5.41, 5.74) is 0.645. The number of carbonyl (C=O) groups excluding carboxylic acids is 1. The maximum absolute atomic E-state index is 12.3. The van der Waals surface area contributed by atoms with Gasteiger partial charge in [0.15, 0.2) is 9.84 Å². The summed E-state index contributed by atoms with van der Waals surface area (Å²) in [6.07, 6.45) is 0.451. The first kappa shape index (κ1) is 17.8. The van der Waals surface area contributed by atoms with Crippen molar-refractivity contribution < 1.29 is 17.9 Å². The van der Waals surface area contributed by atoms with E-state index in [-0.39, 0.29) is 15.5 Å². The Morgan fingerprint density at radius 1 is 1.09 bits per heavy atom. The second-order valence-electron chi connectivity index (χ2n) is 4.98. The normalized spacial score (nSPS) is 12.7. The topological polar surface area (TPSA) is 60.4 Å². The van der Waals surface area contributed by atoms with E-state index in [9.17, 15) is 13.2 Å². The smallest absolute Gasteiger partial charge is 0.340 e. The minimum Gasteiger partial charge on any atom is -0.454 e. The third kappa shape index (κ3) is 4.25. The molecule has 2 aromatic carbocycles. The van der Waals surface area contributed by atoms with Crippen LogP contribution in [0.3, 0.4) is 0 Å². The minimum atomic E-state index is -3.45. The van der Waals surface area contributed by atoms with E-state index in [1.165, 1.54) is 18.2 Å². The Morgan fingerprint density at radius 3 is 2.35 bits per heavy atom. The van der Waals surface area contributed by atoms with Crippen LogP contribution in [-0.2, 0) is 14.6 Å². The number of hydrogen-bond donors (Lipinski definition) is 0. The lowest BCUT2D eigenvalue weighted by atomic mass is 10.1. The van der Waals surface area contributed by atoms with Gasteiger partial charge in [0.25, 0.3) is 0 Å². The standard InChI is InChI=1S/C16H14Cl2O4S/c1-10(12-5-3-4-6-14(12)17)22-16(19)13-9-11(23(2,20)21)7-8-15(13)18/h3-10H,1-2H3. The Kier molecular flexibility index (Phi) is 5.34. The molecule has 2 rings (SSSR count). The van der Waals surface area contributed by atoms with Gasteiger partial charge in [0.2, 0.25) is 0 Å². The summed E-state index contributed by atoms with van der Waals surface area (Å²) in [6.45, 7) is 1.67. The molecule has 0 saturated carbocycles. The molecule has 0 aliphatic carbocycles. The number of rotatable bonds is 4. The third-order valence-corrected chi connectivity index (χ3v) is 5.00. The molecule has 0 aliphatic heterocycles. The molecule has 23 heavy (non-hydrogen) atoms. The van der Waals surface area contributed by atoms with Crippen LogP contribution in [0.4, 0.5) is 0 Å². The number of sulfone groups is 1. The van der Waals surface area contributed by atoms with Crippen LogP contribution in [0.5, 0.6) is 0 Å². The molecule has 0 spiro atoms. The van der Waals surface area contributed by atoms with E-state index in [0.29, 0.717) is 10.6 Å². The van der Waals surface area contributed by atoms with Crippen molar-refractivity contribution in [3.63, 3.8) is 0 Å². The van der Waals surface area contributed by atoms with Gasteiger partial charge in [0.1, 0.15) is 6.10 Å². The third-order valence-electron chi connectivity index (χ3n) is 3.21. The van der Waals surface area contributed by atoms with Gasteiger partial charge in [-0.15, -0.1) is 0 Å². The van der Waals surface area contributed by atoms with E-state index >= 15 is 0 Å². The van der Waals surface area contributed by atoms with Crippen molar-refractivity contribution in [2.24, 2.45) is 0 Å². The number of hydrogen-bond acceptors (Lipinski definition) is 4. The molecule has 1 unspecified atom stereocenters. The Morgan fingerprint density at radius 2 is 1.74 bits per heavy atom. The monoisotopic (exact) mass is 372 g/mol. The molecule has 0 bridgehead atoms. The van der Waals surface area contributed by atoms with Gasteiger partial charge in [-0.25, -0.2) is 13.2 Å². The van der Waals surface area contributed by atoms with Crippen molar-refractivity contribution in [2.75, 3.05) is 6.26 Å². The van der Waals surface area contributed by atoms with E-state index < -0.39 is 21.9 Å². The van der Waals surface area contributed by atoms with Gasteiger partial charge in [-0.1, -0.05) is 41.4 Å². The highest BCUT2D eigenvalue weighted by Crippen LogP contribution is 2.28. The quantitative estimate of drug-likeness (QED) is 0.749. The number of esters is 1. The molecule has 4 nitrogen and oxygen atoms in total. The Hall–Kier alpha value is -1.56. The maximum Gasteiger partial charge on any atom is 0.340 e. The zero-order chi connectivity index (χ0) is 17.2. The zero-order valence-corrected chi connectivity index (χ0v) is 14.7. The molecule has 0 fully saturated rings. The lowest BCUT2D eigenvalue weighted by Gasteiger charge is -2.15. The number of ether oxygens (including phenoxy) is 1. The van der Waals surface area contributed by atoms with Crippen LogP contribution in [0.2, 0.25) is 10.0 Å². The molecule has 1 atom stereocenters. The van der Waals surface area contributed by atoms with Gasteiger partial charge in [-0.05, 0) is 31.2 Å². The van der Waals surface area contributed by atoms with Gasteiger partial charge in [-0.3, -0.25) is 0 Å². The molecule has 2 aromatic rings. The molecule has 0 N–H and O–H groups in total. The molecule has 122 valence electrons. The van der Waals surface area contributed by atoms with Gasteiger partial charge in [0, 0.05) is 16.8 Å². The van der Waals surface area contributed by atoms with Crippen molar-refractivity contribution in [1.82, 2.24) is 0 Å². The molecule has 0 amide bonds.